The molecule has 2 aromatic heterocycles. The van der Waals surface area contributed by atoms with Gasteiger partial charge in [0.05, 0.1) is 11.4 Å². The fourth-order valence-electron chi connectivity index (χ4n) is 4.73. The summed E-state index contributed by atoms with van der Waals surface area (Å²) in [6, 6.07) is 18.5. The Kier molecular flexibility index (Phi) is 6.20. The molecule has 1 aliphatic rings. The van der Waals surface area contributed by atoms with Crippen LogP contribution in [0.15, 0.2) is 60.9 Å². The lowest BCUT2D eigenvalue weighted by molar-refractivity contribution is 0.106. The van der Waals surface area contributed by atoms with Gasteiger partial charge in [-0.25, -0.2) is 14.6 Å². The van der Waals surface area contributed by atoms with Gasteiger partial charge in [0, 0.05) is 18.2 Å². The maximum absolute atomic E-state index is 6.35. The van der Waals surface area contributed by atoms with Crippen molar-refractivity contribution in [1.82, 2.24) is 24.6 Å². The third-order valence-electron chi connectivity index (χ3n) is 6.94. The molecule has 4 aromatic rings. The van der Waals surface area contributed by atoms with Crippen molar-refractivity contribution in [3.05, 3.63) is 60.9 Å². The number of nitrogen functional groups attached to an aromatic ring is 1. The Hall–Kier alpha value is -3.45. The predicted octanol–water partition coefficient (Wildman–Crippen LogP) is 5.55. The van der Waals surface area contributed by atoms with Gasteiger partial charge >= 0.3 is 0 Å². The highest BCUT2D eigenvalue weighted by Crippen LogP contribution is 2.35. The summed E-state index contributed by atoms with van der Waals surface area (Å²) in [7, 11) is 0. The maximum Gasteiger partial charge on any atom is 0.164 e. The summed E-state index contributed by atoms with van der Waals surface area (Å²) in [5, 5.41) is 5.88. The molecule has 1 unspecified atom stereocenters. The van der Waals surface area contributed by atoms with Gasteiger partial charge in [0.15, 0.2) is 5.65 Å². The van der Waals surface area contributed by atoms with Crippen molar-refractivity contribution in [1.29, 1.82) is 0 Å². The second kappa shape index (κ2) is 9.43. The zero-order valence-electron chi connectivity index (χ0n) is 20.1. The number of benzene rings is 2. The molecule has 0 radical (unpaired) electrons. The van der Waals surface area contributed by atoms with Gasteiger partial charge in [0.1, 0.15) is 29.3 Å². The lowest BCUT2D eigenvalue weighted by atomic mass is 9.99. The van der Waals surface area contributed by atoms with Gasteiger partial charge in [-0.1, -0.05) is 32.0 Å². The van der Waals surface area contributed by atoms with E-state index in [2.05, 4.69) is 40.3 Å². The fourth-order valence-corrected chi connectivity index (χ4v) is 4.73. The van der Waals surface area contributed by atoms with Crippen LogP contribution in [0.3, 0.4) is 0 Å². The maximum atomic E-state index is 6.35. The number of ether oxygens (including phenoxy) is 1. The monoisotopic (exact) mass is 456 g/mol. The normalized spacial score (nSPS) is 17.8. The quantitative estimate of drug-likeness (QED) is 0.410. The molecule has 0 saturated carbocycles. The van der Waals surface area contributed by atoms with E-state index in [1.165, 1.54) is 6.33 Å². The summed E-state index contributed by atoms with van der Waals surface area (Å²) < 4.78 is 8.03. The van der Waals surface area contributed by atoms with E-state index in [1.54, 1.807) is 0 Å². The van der Waals surface area contributed by atoms with Crippen LogP contribution < -0.4 is 10.5 Å². The van der Waals surface area contributed by atoms with Crippen LogP contribution in [0.1, 0.15) is 39.7 Å². The average Bonchev–Trinajstić information content (AvgIpc) is 3.26. The van der Waals surface area contributed by atoms with Gasteiger partial charge in [-0.3, -0.25) is 4.90 Å². The molecule has 0 spiro atoms. The molecule has 7 heteroatoms. The minimum absolute atomic E-state index is 0.251. The number of hydrogen-bond acceptors (Lipinski definition) is 6. The van der Waals surface area contributed by atoms with Gasteiger partial charge < -0.3 is 10.5 Å². The topological polar surface area (TPSA) is 82.1 Å². The van der Waals surface area contributed by atoms with Crippen molar-refractivity contribution >= 4 is 16.9 Å². The van der Waals surface area contributed by atoms with Crippen LogP contribution in [0, 0.1) is 5.92 Å². The van der Waals surface area contributed by atoms with Gasteiger partial charge in [0.25, 0.3) is 0 Å². The summed E-state index contributed by atoms with van der Waals surface area (Å²) in [5.41, 5.74) is 8.93. The number of fused-ring (bicyclic) bond motifs is 1. The van der Waals surface area contributed by atoms with Crippen LogP contribution in [0.25, 0.3) is 22.3 Å². The molecule has 2 atom stereocenters. The molecule has 7 nitrogen and oxygen atoms in total. The molecule has 0 aliphatic carbocycles. The summed E-state index contributed by atoms with van der Waals surface area (Å²) in [6.45, 7) is 8.98. The van der Waals surface area contributed by atoms with Crippen LogP contribution in [-0.2, 0) is 0 Å². The van der Waals surface area contributed by atoms with Crippen LogP contribution in [0.4, 0.5) is 5.82 Å². The predicted molar refractivity (Wildman–Crippen MR) is 136 cm³/mol. The number of hydrogen-bond donors (Lipinski definition) is 1. The number of piperidine rings is 1. The molecule has 2 N–H and O–H groups in total. The Labute approximate surface area is 200 Å². The second-order valence-electron chi connectivity index (χ2n) is 9.47. The Balaban J connectivity index is 1.48. The molecule has 1 saturated heterocycles. The molecule has 0 bridgehead atoms. The highest BCUT2D eigenvalue weighted by atomic mass is 16.5. The van der Waals surface area contributed by atoms with Gasteiger partial charge in [-0.05, 0) is 68.6 Å². The van der Waals surface area contributed by atoms with E-state index in [1.807, 2.05) is 54.6 Å². The molecule has 34 heavy (non-hydrogen) atoms. The van der Waals surface area contributed by atoms with E-state index in [0.717, 1.165) is 59.7 Å². The van der Waals surface area contributed by atoms with Crippen molar-refractivity contribution in [2.24, 2.45) is 5.92 Å². The van der Waals surface area contributed by atoms with Crippen molar-refractivity contribution in [2.75, 3.05) is 18.8 Å². The minimum atomic E-state index is 0.251. The molecule has 1 fully saturated rings. The molecule has 2 aromatic carbocycles. The first-order valence-corrected chi connectivity index (χ1v) is 12.1. The number of rotatable bonds is 6. The third kappa shape index (κ3) is 4.35. The molecule has 176 valence electrons. The Morgan fingerprint density at radius 2 is 1.71 bits per heavy atom. The van der Waals surface area contributed by atoms with E-state index in [9.17, 15) is 0 Å². The number of anilines is 1. The number of likely N-dealkylation sites (tertiary alicyclic amines) is 1. The van der Waals surface area contributed by atoms with E-state index in [-0.39, 0.29) is 6.04 Å². The third-order valence-corrected chi connectivity index (χ3v) is 6.94. The van der Waals surface area contributed by atoms with Crippen LogP contribution >= 0.6 is 0 Å². The van der Waals surface area contributed by atoms with Crippen molar-refractivity contribution in [2.45, 2.75) is 45.7 Å². The Morgan fingerprint density at radius 1 is 0.971 bits per heavy atom. The number of para-hydroxylation sites is 1. The molecular weight excluding hydrogens is 424 g/mol. The summed E-state index contributed by atoms with van der Waals surface area (Å²) in [5.74, 6) is 2.64. The lowest BCUT2D eigenvalue weighted by Gasteiger charge is -2.38. The van der Waals surface area contributed by atoms with Crippen LogP contribution in [0.5, 0.6) is 11.5 Å². The minimum Gasteiger partial charge on any atom is -0.457 e. The van der Waals surface area contributed by atoms with Crippen molar-refractivity contribution in [3.8, 4) is 22.8 Å². The van der Waals surface area contributed by atoms with Gasteiger partial charge in [0.2, 0.25) is 0 Å². The summed E-state index contributed by atoms with van der Waals surface area (Å²) in [4.78, 5) is 11.5. The van der Waals surface area contributed by atoms with Crippen LogP contribution in [-0.4, -0.2) is 43.8 Å². The molecule has 0 amide bonds. The van der Waals surface area contributed by atoms with Crippen molar-refractivity contribution < 1.29 is 4.74 Å². The smallest absolute Gasteiger partial charge is 0.164 e. The zero-order valence-corrected chi connectivity index (χ0v) is 20.1. The SMILES string of the molecule is CC(C)C(C)N1CCC[C@@H](n2nc(-c3ccc(Oc4ccccc4)cc3)c3c(N)ncnc32)C1. The Bertz CT molecular complexity index is 1250. The largest absolute Gasteiger partial charge is 0.457 e. The number of nitrogens with two attached hydrogens (primary N) is 1. The van der Waals surface area contributed by atoms with E-state index < -0.39 is 0 Å². The average molecular weight is 457 g/mol. The highest BCUT2D eigenvalue weighted by molar-refractivity contribution is 5.98. The van der Waals surface area contributed by atoms with Gasteiger partial charge in [-0.2, -0.15) is 5.10 Å². The Morgan fingerprint density at radius 3 is 2.44 bits per heavy atom. The fraction of sp³-hybridized carbons (Fsp3) is 0.370. The van der Waals surface area contributed by atoms with Crippen molar-refractivity contribution in [3.63, 3.8) is 0 Å². The first-order valence-electron chi connectivity index (χ1n) is 12.1. The van der Waals surface area contributed by atoms with E-state index >= 15 is 0 Å². The number of aromatic nitrogens is 4. The molecule has 3 heterocycles. The first-order chi connectivity index (χ1) is 16.5. The number of nitrogens with zero attached hydrogens (tertiary/aromatic N) is 5. The summed E-state index contributed by atoms with van der Waals surface area (Å²) in [6.07, 6.45) is 3.75. The highest BCUT2D eigenvalue weighted by Gasteiger charge is 2.29. The summed E-state index contributed by atoms with van der Waals surface area (Å²) >= 11 is 0. The second-order valence-corrected chi connectivity index (χ2v) is 9.47. The zero-order chi connectivity index (χ0) is 23.7. The molecule has 5 rings (SSSR count). The molecular formula is C27H32N6O. The van der Waals surface area contributed by atoms with Gasteiger partial charge in [-0.15, -0.1) is 0 Å². The molecule has 1 aliphatic heterocycles. The van der Waals surface area contributed by atoms with Crippen LogP contribution in [0.2, 0.25) is 0 Å². The van der Waals surface area contributed by atoms with E-state index in [0.29, 0.717) is 17.8 Å². The van der Waals surface area contributed by atoms with E-state index in [4.69, 9.17) is 15.6 Å². The lowest BCUT2D eigenvalue weighted by Crippen LogP contribution is -2.44. The first kappa shape index (κ1) is 22.3. The standard InChI is InChI=1S/C27H32N6O/c1-18(2)19(3)32-15-7-8-21(16-32)33-27-24(26(28)29-17-30-27)25(31-33)20-11-13-23(14-12-20)34-22-9-5-4-6-10-22/h4-6,9-14,17-19,21H,7-8,15-16H2,1-3H3,(H2,28,29,30)/t19?,21-/m1/s1.